The molecule has 0 saturated heterocycles. The molecule has 1 aliphatic rings. The van der Waals surface area contributed by atoms with Gasteiger partial charge < -0.3 is 24.7 Å². The molecule has 0 saturated carbocycles. The molecule has 7 heteroatoms. The monoisotopic (exact) mass is 406 g/mol. The molecular formula is C23H22N2O5. The van der Waals surface area contributed by atoms with E-state index in [2.05, 4.69) is 6.07 Å². The number of rotatable bonds is 6. The van der Waals surface area contributed by atoms with Crippen molar-refractivity contribution < 1.29 is 23.7 Å². The number of nitrogens with zero attached hydrogens (tertiary/aromatic N) is 1. The van der Waals surface area contributed by atoms with E-state index in [1.165, 1.54) is 0 Å². The van der Waals surface area contributed by atoms with E-state index >= 15 is 0 Å². The van der Waals surface area contributed by atoms with Gasteiger partial charge in [-0.05, 0) is 44.2 Å². The highest BCUT2D eigenvalue weighted by Crippen LogP contribution is 2.43. The average molecular weight is 406 g/mol. The number of carbonyl (C=O) groups excluding carboxylic acids is 1. The van der Waals surface area contributed by atoms with Crippen LogP contribution < -0.4 is 15.2 Å². The zero-order valence-electron chi connectivity index (χ0n) is 17.0. The maximum absolute atomic E-state index is 12.7. The molecular weight excluding hydrogens is 384 g/mol. The number of esters is 1. The Morgan fingerprint density at radius 2 is 1.83 bits per heavy atom. The van der Waals surface area contributed by atoms with Gasteiger partial charge >= 0.3 is 5.97 Å². The van der Waals surface area contributed by atoms with Gasteiger partial charge in [0.1, 0.15) is 34.7 Å². The van der Waals surface area contributed by atoms with Crippen LogP contribution in [-0.4, -0.2) is 19.7 Å². The van der Waals surface area contributed by atoms with Crippen molar-refractivity contribution in [1.82, 2.24) is 0 Å². The number of carbonyl (C=O) groups is 1. The van der Waals surface area contributed by atoms with Gasteiger partial charge in [0.15, 0.2) is 0 Å². The largest absolute Gasteiger partial charge is 0.497 e. The standard InChI is InChI=1S/C23H22N2O5/c1-4-28-23(26)20-14(2)29-22(25)18(13-24)21(20)17-7-5-6-8-19(17)30-16-11-9-15(27-3)10-12-16/h5-12,21H,4,25H2,1-3H3. The Hall–Kier alpha value is -3.92. The summed E-state index contributed by atoms with van der Waals surface area (Å²) in [6, 6.07) is 16.3. The van der Waals surface area contributed by atoms with Gasteiger partial charge in [-0.3, -0.25) is 0 Å². The molecule has 0 radical (unpaired) electrons. The van der Waals surface area contributed by atoms with Crippen LogP contribution in [0.1, 0.15) is 25.3 Å². The van der Waals surface area contributed by atoms with E-state index in [-0.39, 0.29) is 29.4 Å². The van der Waals surface area contributed by atoms with Crippen LogP contribution in [0, 0.1) is 11.3 Å². The summed E-state index contributed by atoms with van der Waals surface area (Å²) in [6.45, 7) is 3.52. The van der Waals surface area contributed by atoms with Gasteiger partial charge in [-0.1, -0.05) is 18.2 Å². The molecule has 0 amide bonds. The molecule has 7 nitrogen and oxygen atoms in total. The third-order valence-corrected chi connectivity index (χ3v) is 4.62. The molecule has 1 aliphatic heterocycles. The molecule has 1 heterocycles. The minimum absolute atomic E-state index is 0.0488. The Labute approximate surface area is 174 Å². The summed E-state index contributed by atoms with van der Waals surface area (Å²) in [7, 11) is 1.59. The highest BCUT2D eigenvalue weighted by molar-refractivity contribution is 5.92. The van der Waals surface area contributed by atoms with Crippen LogP contribution in [0.5, 0.6) is 17.2 Å². The van der Waals surface area contributed by atoms with Gasteiger partial charge in [0, 0.05) is 5.56 Å². The number of para-hydroxylation sites is 1. The quantitative estimate of drug-likeness (QED) is 0.719. The maximum Gasteiger partial charge on any atom is 0.338 e. The average Bonchev–Trinajstić information content (AvgIpc) is 2.74. The molecule has 0 bridgehead atoms. The van der Waals surface area contributed by atoms with Crippen LogP contribution in [0.2, 0.25) is 0 Å². The molecule has 0 aliphatic carbocycles. The van der Waals surface area contributed by atoms with Gasteiger partial charge in [-0.25, -0.2) is 4.79 Å². The molecule has 154 valence electrons. The van der Waals surface area contributed by atoms with Crippen molar-refractivity contribution in [1.29, 1.82) is 5.26 Å². The number of allylic oxidation sites excluding steroid dienone is 2. The summed E-state index contributed by atoms with van der Waals surface area (Å²) in [6.07, 6.45) is 0. The van der Waals surface area contributed by atoms with Crippen LogP contribution in [0.3, 0.4) is 0 Å². The molecule has 0 aromatic heterocycles. The third-order valence-electron chi connectivity index (χ3n) is 4.62. The maximum atomic E-state index is 12.7. The van der Waals surface area contributed by atoms with Crippen LogP contribution >= 0.6 is 0 Å². The molecule has 2 aromatic rings. The number of nitriles is 1. The highest BCUT2D eigenvalue weighted by Gasteiger charge is 2.37. The second-order valence-corrected chi connectivity index (χ2v) is 6.43. The smallest absolute Gasteiger partial charge is 0.338 e. The fourth-order valence-electron chi connectivity index (χ4n) is 3.25. The minimum Gasteiger partial charge on any atom is -0.497 e. The van der Waals surface area contributed by atoms with Gasteiger partial charge in [0.05, 0.1) is 25.2 Å². The van der Waals surface area contributed by atoms with Crippen molar-refractivity contribution in [3.63, 3.8) is 0 Å². The molecule has 1 atom stereocenters. The van der Waals surface area contributed by atoms with Crippen LogP contribution in [0.25, 0.3) is 0 Å². The van der Waals surface area contributed by atoms with E-state index in [9.17, 15) is 10.1 Å². The topological polar surface area (TPSA) is 104 Å². The zero-order valence-corrected chi connectivity index (χ0v) is 17.0. The predicted octanol–water partition coefficient (Wildman–Crippen LogP) is 4.13. The van der Waals surface area contributed by atoms with Gasteiger partial charge in [0.25, 0.3) is 0 Å². The molecule has 2 N–H and O–H groups in total. The van der Waals surface area contributed by atoms with Gasteiger partial charge in [-0.15, -0.1) is 0 Å². The summed E-state index contributed by atoms with van der Waals surface area (Å²) in [5.41, 5.74) is 6.90. The molecule has 2 aromatic carbocycles. The Bertz CT molecular complexity index is 1050. The highest BCUT2D eigenvalue weighted by atomic mass is 16.5. The first-order valence-electron chi connectivity index (χ1n) is 9.36. The van der Waals surface area contributed by atoms with Gasteiger partial charge in [-0.2, -0.15) is 5.26 Å². The van der Waals surface area contributed by atoms with E-state index in [0.29, 0.717) is 22.8 Å². The molecule has 30 heavy (non-hydrogen) atoms. The summed E-state index contributed by atoms with van der Waals surface area (Å²) < 4.78 is 21.9. The van der Waals surface area contributed by atoms with E-state index in [4.69, 9.17) is 24.7 Å². The first-order chi connectivity index (χ1) is 14.5. The van der Waals surface area contributed by atoms with Crippen molar-refractivity contribution in [2.75, 3.05) is 13.7 Å². The Morgan fingerprint density at radius 3 is 2.47 bits per heavy atom. The number of hydrogen-bond acceptors (Lipinski definition) is 7. The summed E-state index contributed by atoms with van der Waals surface area (Å²) in [5.74, 6) is 0.637. The molecule has 1 unspecified atom stereocenters. The van der Waals surface area contributed by atoms with E-state index in [0.717, 1.165) is 0 Å². The lowest BCUT2D eigenvalue weighted by atomic mass is 9.82. The number of nitrogens with two attached hydrogens (primary N) is 1. The Kier molecular flexibility index (Phi) is 6.28. The van der Waals surface area contributed by atoms with Crippen molar-refractivity contribution in [2.24, 2.45) is 5.73 Å². The van der Waals surface area contributed by atoms with E-state index < -0.39 is 11.9 Å². The lowest BCUT2D eigenvalue weighted by Crippen LogP contribution is -2.25. The van der Waals surface area contributed by atoms with Crippen LogP contribution in [0.15, 0.2) is 71.3 Å². The lowest BCUT2D eigenvalue weighted by Gasteiger charge is -2.28. The van der Waals surface area contributed by atoms with Crippen LogP contribution in [-0.2, 0) is 14.3 Å². The predicted molar refractivity (Wildman–Crippen MR) is 109 cm³/mol. The first kappa shape index (κ1) is 20.8. The first-order valence-corrected chi connectivity index (χ1v) is 9.36. The number of methoxy groups -OCH3 is 1. The summed E-state index contributed by atoms with van der Waals surface area (Å²) in [4.78, 5) is 12.7. The Balaban J connectivity index is 2.09. The fourth-order valence-corrected chi connectivity index (χ4v) is 3.25. The molecule has 3 rings (SSSR count). The minimum atomic E-state index is -0.780. The normalized spacial score (nSPS) is 15.9. The van der Waals surface area contributed by atoms with Crippen molar-refractivity contribution in [2.45, 2.75) is 19.8 Å². The second-order valence-electron chi connectivity index (χ2n) is 6.43. The Morgan fingerprint density at radius 1 is 1.17 bits per heavy atom. The van der Waals surface area contributed by atoms with E-state index in [1.54, 1.807) is 69.5 Å². The van der Waals surface area contributed by atoms with Crippen LogP contribution in [0.4, 0.5) is 0 Å². The zero-order chi connectivity index (χ0) is 21.7. The second kappa shape index (κ2) is 9.05. The third kappa shape index (κ3) is 4.08. The fraction of sp³-hybridized carbons (Fsp3) is 0.217. The number of hydrogen-bond donors (Lipinski definition) is 1. The summed E-state index contributed by atoms with van der Waals surface area (Å²) in [5, 5.41) is 9.75. The van der Waals surface area contributed by atoms with Crippen molar-refractivity contribution in [3.8, 4) is 23.3 Å². The van der Waals surface area contributed by atoms with E-state index in [1.807, 2.05) is 0 Å². The SMILES string of the molecule is CCOC(=O)C1=C(C)OC(N)=C(C#N)C1c1ccccc1Oc1ccc(OC)cc1. The van der Waals surface area contributed by atoms with Crippen molar-refractivity contribution >= 4 is 5.97 Å². The molecule has 0 fully saturated rings. The van der Waals surface area contributed by atoms with Gasteiger partial charge in [0.2, 0.25) is 5.88 Å². The number of ether oxygens (including phenoxy) is 4. The number of benzene rings is 2. The lowest BCUT2D eigenvalue weighted by molar-refractivity contribution is -0.139. The molecule has 0 spiro atoms. The summed E-state index contributed by atoms with van der Waals surface area (Å²) >= 11 is 0. The van der Waals surface area contributed by atoms with Crippen molar-refractivity contribution in [3.05, 3.63) is 76.9 Å².